The fraction of sp³-hybridized carbons (Fsp3) is 0.688. The Bertz CT molecular complexity index is 481. The first kappa shape index (κ1) is 14.9. The monoisotopic (exact) mass is 293 g/mol. The van der Waals surface area contributed by atoms with Gasteiger partial charge < -0.3 is 15.7 Å². The molecular weight excluding hydrogens is 269 g/mol. The molecule has 5 unspecified atom stereocenters. The first-order chi connectivity index (χ1) is 10.0. The summed E-state index contributed by atoms with van der Waals surface area (Å²) < 4.78 is 12.9. The van der Waals surface area contributed by atoms with Crippen LogP contribution in [0.4, 0.5) is 4.39 Å². The maximum Gasteiger partial charge on any atom is 0.141 e. The van der Waals surface area contributed by atoms with Gasteiger partial charge in [0.05, 0.1) is 24.0 Å². The number of nitrogens with zero attached hydrogens (tertiary/aromatic N) is 2. The van der Waals surface area contributed by atoms with E-state index >= 15 is 0 Å². The number of halogens is 1. The summed E-state index contributed by atoms with van der Waals surface area (Å²) in [7, 11) is 0. The maximum atomic E-state index is 12.9. The topological polar surface area (TPSA) is 62.4 Å². The van der Waals surface area contributed by atoms with Crippen LogP contribution in [0.5, 0.6) is 0 Å². The third-order valence-electron chi connectivity index (χ3n) is 5.15. The predicted molar refractivity (Wildman–Crippen MR) is 78.9 cm³/mol. The molecule has 5 atom stereocenters. The van der Waals surface area contributed by atoms with Crippen molar-refractivity contribution in [3.05, 3.63) is 29.8 Å². The molecule has 0 spiro atoms. The average molecular weight is 293 g/mol. The lowest BCUT2D eigenvalue weighted by molar-refractivity contribution is 0.121. The Labute approximate surface area is 125 Å². The Hall–Kier alpha value is -1.04. The number of hydrogen-bond donors (Lipinski definition) is 2. The SMILES string of the molecule is CC(CN1CC2CCC(O)C2C1)C(N)c1ccc(F)cn1. The zero-order valence-electron chi connectivity index (χ0n) is 12.5. The molecule has 2 aliphatic rings. The van der Waals surface area contributed by atoms with Gasteiger partial charge in [0.1, 0.15) is 5.82 Å². The van der Waals surface area contributed by atoms with Gasteiger partial charge in [-0.3, -0.25) is 4.98 Å². The summed E-state index contributed by atoms with van der Waals surface area (Å²) in [6.07, 6.45) is 3.20. The zero-order valence-corrected chi connectivity index (χ0v) is 12.5. The molecule has 1 aromatic rings. The van der Waals surface area contributed by atoms with Crippen molar-refractivity contribution in [1.29, 1.82) is 0 Å². The molecule has 1 aliphatic heterocycles. The van der Waals surface area contributed by atoms with Crippen molar-refractivity contribution in [2.75, 3.05) is 19.6 Å². The van der Waals surface area contributed by atoms with Gasteiger partial charge in [-0.2, -0.15) is 0 Å². The van der Waals surface area contributed by atoms with Gasteiger partial charge in [-0.1, -0.05) is 6.92 Å². The first-order valence-corrected chi connectivity index (χ1v) is 7.82. The molecule has 1 aliphatic carbocycles. The smallest absolute Gasteiger partial charge is 0.141 e. The highest BCUT2D eigenvalue weighted by Crippen LogP contribution is 2.38. The van der Waals surface area contributed by atoms with Gasteiger partial charge in [0, 0.05) is 25.6 Å². The molecule has 3 N–H and O–H groups in total. The van der Waals surface area contributed by atoms with Crippen molar-refractivity contribution in [3.63, 3.8) is 0 Å². The lowest BCUT2D eigenvalue weighted by Gasteiger charge is -2.26. The van der Waals surface area contributed by atoms with Gasteiger partial charge in [-0.25, -0.2) is 4.39 Å². The van der Waals surface area contributed by atoms with E-state index in [9.17, 15) is 9.50 Å². The van der Waals surface area contributed by atoms with Crippen LogP contribution in [0.3, 0.4) is 0 Å². The normalized spacial score (nSPS) is 32.1. The molecule has 116 valence electrons. The van der Waals surface area contributed by atoms with Crippen molar-refractivity contribution >= 4 is 0 Å². The number of aliphatic hydroxyl groups excluding tert-OH is 1. The predicted octanol–water partition coefficient (Wildman–Crippen LogP) is 1.56. The van der Waals surface area contributed by atoms with Crippen molar-refractivity contribution < 1.29 is 9.50 Å². The summed E-state index contributed by atoms with van der Waals surface area (Å²) in [6.45, 7) is 5.05. The van der Waals surface area contributed by atoms with E-state index in [0.29, 0.717) is 11.8 Å². The second kappa shape index (κ2) is 5.99. The van der Waals surface area contributed by atoms with Gasteiger partial charge in [0.25, 0.3) is 0 Å². The van der Waals surface area contributed by atoms with Gasteiger partial charge >= 0.3 is 0 Å². The van der Waals surface area contributed by atoms with E-state index < -0.39 is 0 Å². The molecule has 0 amide bonds. The summed E-state index contributed by atoms with van der Waals surface area (Å²) in [4.78, 5) is 6.49. The van der Waals surface area contributed by atoms with E-state index in [2.05, 4.69) is 16.8 Å². The number of pyridine rings is 1. The lowest BCUT2D eigenvalue weighted by atomic mass is 9.98. The molecule has 1 saturated carbocycles. The van der Waals surface area contributed by atoms with Crippen LogP contribution >= 0.6 is 0 Å². The van der Waals surface area contributed by atoms with Crippen molar-refractivity contribution in [2.24, 2.45) is 23.5 Å². The minimum atomic E-state index is -0.333. The van der Waals surface area contributed by atoms with E-state index in [1.165, 1.54) is 12.3 Å². The van der Waals surface area contributed by atoms with Crippen molar-refractivity contribution in [3.8, 4) is 0 Å². The van der Waals surface area contributed by atoms with Gasteiger partial charge in [0.2, 0.25) is 0 Å². The second-order valence-electron chi connectivity index (χ2n) is 6.69. The van der Waals surface area contributed by atoms with E-state index in [-0.39, 0.29) is 23.9 Å². The Kier molecular flexibility index (Phi) is 4.24. The van der Waals surface area contributed by atoms with Gasteiger partial charge in [0.15, 0.2) is 0 Å². The van der Waals surface area contributed by atoms with Crippen molar-refractivity contribution in [1.82, 2.24) is 9.88 Å². The lowest BCUT2D eigenvalue weighted by Crippen LogP contribution is -2.33. The third-order valence-corrected chi connectivity index (χ3v) is 5.15. The largest absolute Gasteiger partial charge is 0.393 e. The van der Waals surface area contributed by atoms with E-state index in [1.807, 2.05) is 0 Å². The van der Waals surface area contributed by atoms with Crippen LogP contribution < -0.4 is 5.73 Å². The number of nitrogens with two attached hydrogens (primary N) is 1. The van der Waals surface area contributed by atoms with Crippen LogP contribution in [0.25, 0.3) is 0 Å². The molecule has 21 heavy (non-hydrogen) atoms. The number of aromatic nitrogens is 1. The Morgan fingerprint density at radius 1 is 1.43 bits per heavy atom. The fourth-order valence-corrected chi connectivity index (χ4v) is 3.87. The number of likely N-dealkylation sites (tertiary alicyclic amines) is 1. The zero-order chi connectivity index (χ0) is 15.0. The summed E-state index contributed by atoms with van der Waals surface area (Å²) >= 11 is 0. The molecule has 0 radical (unpaired) electrons. The van der Waals surface area contributed by atoms with Crippen LogP contribution in [0.2, 0.25) is 0 Å². The number of rotatable bonds is 4. The highest BCUT2D eigenvalue weighted by atomic mass is 19.1. The molecule has 3 rings (SSSR count). The number of fused-ring (bicyclic) bond motifs is 1. The van der Waals surface area contributed by atoms with E-state index in [4.69, 9.17) is 5.73 Å². The van der Waals surface area contributed by atoms with Gasteiger partial charge in [-0.15, -0.1) is 0 Å². The standard InChI is InChI=1S/C16H24FN3O/c1-10(16(18)14-4-3-12(17)6-19-14)7-20-8-11-2-5-15(21)13(11)9-20/h3-4,6,10-11,13,15-16,21H,2,5,7-9,18H2,1H3. The molecule has 2 heterocycles. The fourth-order valence-electron chi connectivity index (χ4n) is 3.87. The third kappa shape index (κ3) is 3.10. The molecule has 1 saturated heterocycles. The maximum absolute atomic E-state index is 12.9. The first-order valence-electron chi connectivity index (χ1n) is 7.82. The molecular formula is C16H24FN3O. The van der Waals surface area contributed by atoms with Crippen molar-refractivity contribution in [2.45, 2.75) is 31.9 Å². The molecule has 2 fully saturated rings. The Morgan fingerprint density at radius 3 is 2.90 bits per heavy atom. The molecule has 1 aromatic heterocycles. The van der Waals surface area contributed by atoms with Crippen LogP contribution in [0.15, 0.2) is 18.3 Å². The number of aliphatic hydroxyl groups is 1. The molecule has 0 aromatic carbocycles. The van der Waals surface area contributed by atoms with E-state index in [1.54, 1.807) is 6.07 Å². The summed E-state index contributed by atoms with van der Waals surface area (Å²) in [5.41, 5.74) is 6.99. The van der Waals surface area contributed by atoms with Gasteiger partial charge in [-0.05, 0) is 36.8 Å². The highest BCUT2D eigenvalue weighted by Gasteiger charge is 2.42. The van der Waals surface area contributed by atoms with Crippen LogP contribution in [-0.2, 0) is 0 Å². The molecule has 4 nitrogen and oxygen atoms in total. The van der Waals surface area contributed by atoms with Crippen LogP contribution in [-0.4, -0.2) is 40.7 Å². The minimum Gasteiger partial charge on any atom is -0.393 e. The Balaban J connectivity index is 1.57. The summed E-state index contributed by atoms with van der Waals surface area (Å²) in [6, 6.07) is 2.89. The number of hydrogen-bond acceptors (Lipinski definition) is 4. The Morgan fingerprint density at radius 2 is 2.24 bits per heavy atom. The highest BCUT2D eigenvalue weighted by molar-refractivity contribution is 5.10. The molecule has 0 bridgehead atoms. The van der Waals surface area contributed by atoms with Crippen LogP contribution in [0, 0.1) is 23.6 Å². The molecule has 5 heteroatoms. The van der Waals surface area contributed by atoms with E-state index in [0.717, 1.165) is 38.2 Å². The summed E-state index contributed by atoms with van der Waals surface area (Å²) in [5, 5.41) is 9.97. The average Bonchev–Trinajstić information content (AvgIpc) is 3.01. The minimum absolute atomic E-state index is 0.122. The quantitative estimate of drug-likeness (QED) is 0.884. The second-order valence-corrected chi connectivity index (χ2v) is 6.69. The summed E-state index contributed by atoms with van der Waals surface area (Å²) in [5.74, 6) is 1.00. The van der Waals surface area contributed by atoms with Crippen LogP contribution in [0.1, 0.15) is 31.5 Å².